The Hall–Kier alpha value is -2.21. The van der Waals surface area contributed by atoms with Crippen molar-refractivity contribution < 1.29 is 0 Å². The molecular formula is C13H10BrN5. The van der Waals surface area contributed by atoms with Gasteiger partial charge in [-0.3, -0.25) is 0 Å². The van der Waals surface area contributed by atoms with E-state index in [4.69, 9.17) is 5.73 Å². The molecule has 0 radical (unpaired) electrons. The first kappa shape index (κ1) is 11.9. The predicted molar refractivity (Wildman–Crippen MR) is 76.7 cm³/mol. The molecule has 3 aromatic rings. The van der Waals surface area contributed by atoms with Crippen LogP contribution in [-0.2, 0) is 0 Å². The second-order valence-corrected chi connectivity index (χ2v) is 4.84. The van der Waals surface area contributed by atoms with Crippen LogP contribution in [0.3, 0.4) is 0 Å². The summed E-state index contributed by atoms with van der Waals surface area (Å²) in [5.74, 6) is 0.961. The quantitative estimate of drug-likeness (QED) is 0.789. The molecule has 0 fully saturated rings. The third-order valence-corrected chi connectivity index (χ3v) is 3.09. The largest absolute Gasteiger partial charge is 0.383 e. The molecule has 2 N–H and O–H groups in total. The molecule has 0 spiro atoms. The number of halogens is 1. The third kappa shape index (κ3) is 2.34. The molecule has 0 bridgehead atoms. The molecule has 0 aliphatic rings. The fraction of sp³-hybridized carbons (Fsp3) is 0. The van der Waals surface area contributed by atoms with Gasteiger partial charge in [-0.25, -0.2) is 9.97 Å². The molecule has 2 aromatic heterocycles. The highest BCUT2D eigenvalue weighted by molar-refractivity contribution is 9.10. The minimum absolute atomic E-state index is 0.459. The molecule has 19 heavy (non-hydrogen) atoms. The number of nitrogen functional groups attached to an aromatic ring is 1. The van der Waals surface area contributed by atoms with E-state index in [0.29, 0.717) is 11.8 Å². The van der Waals surface area contributed by atoms with E-state index < -0.39 is 0 Å². The topological polar surface area (TPSA) is 69.6 Å². The zero-order valence-electron chi connectivity index (χ0n) is 9.86. The van der Waals surface area contributed by atoms with Gasteiger partial charge >= 0.3 is 0 Å². The van der Waals surface area contributed by atoms with Crippen LogP contribution in [0.2, 0.25) is 0 Å². The summed E-state index contributed by atoms with van der Waals surface area (Å²) in [5, 5.41) is 4.44. The monoisotopic (exact) mass is 315 g/mol. The molecule has 0 saturated carbocycles. The minimum Gasteiger partial charge on any atom is -0.383 e. The highest BCUT2D eigenvalue weighted by Crippen LogP contribution is 2.24. The number of rotatable bonds is 2. The summed E-state index contributed by atoms with van der Waals surface area (Å²) >= 11 is 3.44. The number of benzene rings is 1. The molecule has 0 aliphatic heterocycles. The zero-order valence-corrected chi connectivity index (χ0v) is 11.4. The first-order chi connectivity index (χ1) is 9.24. The average Bonchev–Trinajstić information content (AvgIpc) is 2.82. The fourth-order valence-corrected chi connectivity index (χ4v) is 2.14. The Kier molecular flexibility index (Phi) is 3.00. The average molecular weight is 316 g/mol. The van der Waals surface area contributed by atoms with Crippen molar-refractivity contribution in [2.24, 2.45) is 0 Å². The Labute approximate surface area is 118 Å². The van der Waals surface area contributed by atoms with Crippen LogP contribution in [0.5, 0.6) is 0 Å². The van der Waals surface area contributed by atoms with Crippen molar-refractivity contribution in [3.8, 4) is 17.2 Å². The molecule has 94 valence electrons. The van der Waals surface area contributed by atoms with Gasteiger partial charge < -0.3 is 5.73 Å². The van der Waals surface area contributed by atoms with Gasteiger partial charge in [0.25, 0.3) is 5.95 Å². The van der Waals surface area contributed by atoms with Gasteiger partial charge in [-0.1, -0.05) is 28.1 Å². The van der Waals surface area contributed by atoms with E-state index in [9.17, 15) is 0 Å². The molecule has 0 atom stereocenters. The lowest BCUT2D eigenvalue weighted by Gasteiger charge is -2.00. The van der Waals surface area contributed by atoms with Gasteiger partial charge in [-0.2, -0.15) is 9.78 Å². The number of nitrogens with two attached hydrogens (primary N) is 1. The molecule has 0 amide bonds. The lowest BCUT2D eigenvalue weighted by atomic mass is 10.2. The van der Waals surface area contributed by atoms with E-state index in [1.165, 1.54) is 4.68 Å². The van der Waals surface area contributed by atoms with Crippen LogP contribution in [0.1, 0.15) is 0 Å². The van der Waals surface area contributed by atoms with E-state index in [1.54, 1.807) is 24.5 Å². The van der Waals surface area contributed by atoms with Crippen LogP contribution in [0.15, 0.2) is 53.3 Å². The number of hydrogen-bond acceptors (Lipinski definition) is 4. The maximum Gasteiger partial charge on any atom is 0.252 e. The summed E-state index contributed by atoms with van der Waals surface area (Å²) in [5.41, 5.74) is 7.72. The highest BCUT2D eigenvalue weighted by Gasteiger charge is 2.10. The van der Waals surface area contributed by atoms with Crippen LogP contribution in [-0.4, -0.2) is 19.7 Å². The smallest absolute Gasteiger partial charge is 0.252 e. The van der Waals surface area contributed by atoms with Crippen LogP contribution >= 0.6 is 15.9 Å². The van der Waals surface area contributed by atoms with Crippen molar-refractivity contribution in [1.82, 2.24) is 19.7 Å². The molecule has 0 unspecified atom stereocenters. The second kappa shape index (κ2) is 4.81. The minimum atomic E-state index is 0.459. The Morgan fingerprint density at radius 3 is 2.58 bits per heavy atom. The molecule has 0 aliphatic carbocycles. The maximum absolute atomic E-state index is 5.96. The number of anilines is 1. The van der Waals surface area contributed by atoms with Gasteiger partial charge in [0.15, 0.2) is 0 Å². The Balaban J connectivity index is 2.07. The van der Waals surface area contributed by atoms with Gasteiger partial charge in [-0.15, -0.1) is 0 Å². The van der Waals surface area contributed by atoms with Crippen LogP contribution in [0, 0.1) is 0 Å². The van der Waals surface area contributed by atoms with Crippen molar-refractivity contribution >= 4 is 21.7 Å². The SMILES string of the molecule is Nc1cc(-c2cccc(Br)c2)nn1-c1ncccn1. The van der Waals surface area contributed by atoms with Gasteiger partial charge in [0.2, 0.25) is 0 Å². The van der Waals surface area contributed by atoms with E-state index in [0.717, 1.165) is 15.7 Å². The summed E-state index contributed by atoms with van der Waals surface area (Å²) in [6.07, 6.45) is 3.31. The summed E-state index contributed by atoms with van der Waals surface area (Å²) in [6, 6.07) is 11.4. The molecule has 5 nitrogen and oxygen atoms in total. The molecular weight excluding hydrogens is 306 g/mol. The second-order valence-electron chi connectivity index (χ2n) is 3.93. The van der Waals surface area contributed by atoms with Crippen LogP contribution in [0.25, 0.3) is 17.2 Å². The Morgan fingerprint density at radius 2 is 1.84 bits per heavy atom. The fourth-order valence-electron chi connectivity index (χ4n) is 1.75. The maximum atomic E-state index is 5.96. The molecule has 1 aromatic carbocycles. The van der Waals surface area contributed by atoms with Crippen molar-refractivity contribution in [1.29, 1.82) is 0 Å². The van der Waals surface area contributed by atoms with Crippen LogP contribution in [0.4, 0.5) is 5.82 Å². The first-order valence-electron chi connectivity index (χ1n) is 5.63. The summed E-state index contributed by atoms with van der Waals surface area (Å²) in [6.45, 7) is 0. The lowest BCUT2D eigenvalue weighted by molar-refractivity contribution is 0.820. The normalized spacial score (nSPS) is 10.6. The first-order valence-corrected chi connectivity index (χ1v) is 6.42. The third-order valence-electron chi connectivity index (χ3n) is 2.60. The van der Waals surface area contributed by atoms with E-state index in [-0.39, 0.29) is 0 Å². The summed E-state index contributed by atoms with van der Waals surface area (Å²) < 4.78 is 2.52. The van der Waals surface area contributed by atoms with Crippen LogP contribution < -0.4 is 5.73 Å². The van der Waals surface area contributed by atoms with E-state index in [2.05, 4.69) is 31.0 Å². The van der Waals surface area contributed by atoms with Crippen molar-refractivity contribution in [2.75, 3.05) is 5.73 Å². The molecule has 0 saturated heterocycles. The van der Waals surface area contributed by atoms with Crippen molar-refractivity contribution in [2.45, 2.75) is 0 Å². The van der Waals surface area contributed by atoms with Gasteiger partial charge in [0.1, 0.15) is 5.82 Å². The number of nitrogens with zero attached hydrogens (tertiary/aromatic N) is 4. The molecule has 3 rings (SSSR count). The van der Waals surface area contributed by atoms with Gasteiger partial charge in [-0.05, 0) is 18.2 Å². The number of aromatic nitrogens is 4. The van der Waals surface area contributed by atoms with E-state index >= 15 is 0 Å². The van der Waals surface area contributed by atoms with Crippen molar-refractivity contribution in [3.05, 3.63) is 53.3 Å². The Morgan fingerprint density at radius 1 is 1.05 bits per heavy atom. The number of hydrogen-bond donors (Lipinski definition) is 1. The van der Waals surface area contributed by atoms with E-state index in [1.807, 2.05) is 24.3 Å². The lowest BCUT2D eigenvalue weighted by Crippen LogP contribution is -2.05. The molecule has 6 heteroatoms. The summed E-state index contributed by atoms with van der Waals surface area (Å²) in [4.78, 5) is 8.27. The van der Waals surface area contributed by atoms with Crippen molar-refractivity contribution in [3.63, 3.8) is 0 Å². The summed E-state index contributed by atoms with van der Waals surface area (Å²) in [7, 11) is 0. The highest BCUT2D eigenvalue weighted by atomic mass is 79.9. The molecule has 2 heterocycles. The predicted octanol–water partition coefficient (Wildman–Crippen LogP) is 2.67. The Bertz CT molecular complexity index is 708. The standard InChI is InChI=1S/C13H10BrN5/c14-10-4-1-3-9(7-10)11-8-12(15)19(18-11)13-16-5-2-6-17-13/h1-8H,15H2. The van der Waals surface area contributed by atoms with Gasteiger partial charge in [0.05, 0.1) is 5.69 Å². The van der Waals surface area contributed by atoms with Gasteiger partial charge in [0, 0.05) is 28.5 Å². The zero-order chi connectivity index (χ0) is 13.2.